The number of ether oxygens (including phenoxy) is 2. The third kappa shape index (κ3) is 5.62. The summed E-state index contributed by atoms with van der Waals surface area (Å²) in [4.78, 5) is 23.7. The maximum absolute atomic E-state index is 12.7. The van der Waals surface area contributed by atoms with E-state index in [9.17, 15) is 9.59 Å². The van der Waals surface area contributed by atoms with Crippen molar-refractivity contribution in [3.8, 4) is 11.5 Å². The fourth-order valence-electron chi connectivity index (χ4n) is 2.46. The van der Waals surface area contributed by atoms with E-state index in [1.54, 1.807) is 30.3 Å². The monoisotopic (exact) mass is 391 g/mol. The van der Waals surface area contributed by atoms with Crippen molar-refractivity contribution in [2.75, 3.05) is 18.5 Å². The molecule has 0 heterocycles. The van der Waals surface area contributed by atoms with Crippen molar-refractivity contribution in [1.29, 1.82) is 0 Å². The molecule has 0 saturated heterocycles. The number of carboxylic acids is 1. The van der Waals surface area contributed by atoms with Crippen LogP contribution in [-0.4, -0.2) is 30.2 Å². The van der Waals surface area contributed by atoms with E-state index < -0.39 is 11.9 Å². The zero-order chi connectivity index (χ0) is 19.8. The molecule has 6 nitrogen and oxygen atoms in total. The van der Waals surface area contributed by atoms with E-state index >= 15 is 0 Å². The van der Waals surface area contributed by atoms with E-state index in [1.807, 2.05) is 13.8 Å². The lowest BCUT2D eigenvalue weighted by Crippen LogP contribution is -2.15. The second-order valence-electron chi connectivity index (χ2n) is 5.75. The SMILES string of the molecule is CCCOc1c(Cl)cc(C(=O)Nc2ccccc2CC(=O)O)cc1OCC. The summed E-state index contributed by atoms with van der Waals surface area (Å²) in [6.45, 7) is 4.68. The van der Waals surface area contributed by atoms with Gasteiger partial charge in [0.2, 0.25) is 0 Å². The molecular weight excluding hydrogens is 370 g/mol. The van der Waals surface area contributed by atoms with Crippen LogP contribution in [0, 0.1) is 0 Å². The molecule has 0 aliphatic heterocycles. The fourth-order valence-corrected chi connectivity index (χ4v) is 2.73. The number of aliphatic carboxylic acids is 1. The minimum atomic E-state index is -0.976. The fraction of sp³-hybridized carbons (Fsp3) is 0.300. The molecule has 0 saturated carbocycles. The number of nitrogens with one attached hydrogen (secondary N) is 1. The zero-order valence-electron chi connectivity index (χ0n) is 15.3. The van der Waals surface area contributed by atoms with Crippen molar-refractivity contribution in [3.63, 3.8) is 0 Å². The van der Waals surface area contributed by atoms with E-state index in [1.165, 1.54) is 6.07 Å². The summed E-state index contributed by atoms with van der Waals surface area (Å²) < 4.78 is 11.2. The minimum absolute atomic E-state index is 0.189. The highest BCUT2D eigenvalue weighted by molar-refractivity contribution is 6.32. The van der Waals surface area contributed by atoms with Crippen LogP contribution in [-0.2, 0) is 11.2 Å². The number of halogens is 1. The number of hydrogen-bond donors (Lipinski definition) is 2. The van der Waals surface area contributed by atoms with Gasteiger partial charge < -0.3 is 19.9 Å². The Balaban J connectivity index is 2.30. The topological polar surface area (TPSA) is 84.9 Å². The Bertz CT molecular complexity index is 822. The Labute approximate surface area is 163 Å². The number of anilines is 1. The van der Waals surface area contributed by atoms with Crippen LogP contribution in [0.4, 0.5) is 5.69 Å². The molecule has 2 aromatic rings. The first-order chi connectivity index (χ1) is 13.0. The molecule has 7 heteroatoms. The molecule has 144 valence electrons. The Hall–Kier alpha value is -2.73. The lowest BCUT2D eigenvalue weighted by molar-refractivity contribution is -0.136. The number of carboxylic acid groups (broad SMARTS) is 1. The Morgan fingerprint density at radius 3 is 2.56 bits per heavy atom. The molecule has 0 unspecified atom stereocenters. The van der Waals surface area contributed by atoms with Crippen molar-refractivity contribution in [3.05, 3.63) is 52.5 Å². The first-order valence-electron chi connectivity index (χ1n) is 8.66. The molecule has 0 aromatic heterocycles. The van der Waals surface area contributed by atoms with Crippen molar-refractivity contribution < 1.29 is 24.2 Å². The molecule has 0 fully saturated rings. The molecule has 0 atom stereocenters. The quantitative estimate of drug-likeness (QED) is 0.661. The third-order valence-electron chi connectivity index (χ3n) is 3.63. The summed E-state index contributed by atoms with van der Waals surface area (Å²) in [6, 6.07) is 9.82. The summed E-state index contributed by atoms with van der Waals surface area (Å²) in [5.74, 6) is -0.598. The number of benzene rings is 2. The van der Waals surface area contributed by atoms with Gasteiger partial charge in [-0.3, -0.25) is 9.59 Å². The maximum atomic E-state index is 12.7. The van der Waals surface area contributed by atoms with E-state index in [0.29, 0.717) is 36.0 Å². The van der Waals surface area contributed by atoms with Crippen LogP contribution >= 0.6 is 11.6 Å². The molecular formula is C20H22ClNO5. The first kappa shape index (κ1) is 20.6. The molecule has 2 aromatic carbocycles. The van der Waals surface area contributed by atoms with E-state index in [2.05, 4.69) is 5.32 Å². The molecule has 1 amide bonds. The van der Waals surface area contributed by atoms with Gasteiger partial charge in [0.05, 0.1) is 24.7 Å². The van der Waals surface area contributed by atoms with Gasteiger partial charge in [-0.15, -0.1) is 0 Å². The number of hydrogen-bond acceptors (Lipinski definition) is 4. The van der Waals surface area contributed by atoms with E-state index in [-0.39, 0.29) is 17.0 Å². The normalized spacial score (nSPS) is 10.3. The largest absolute Gasteiger partial charge is 0.490 e. The smallest absolute Gasteiger partial charge is 0.307 e. The van der Waals surface area contributed by atoms with E-state index in [0.717, 1.165) is 6.42 Å². The number of carbonyl (C=O) groups excluding carboxylic acids is 1. The van der Waals surface area contributed by atoms with Crippen molar-refractivity contribution in [2.45, 2.75) is 26.7 Å². The van der Waals surface area contributed by atoms with E-state index in [4.69, 9.17) is 26.2 Å². The average Bonchev–Trinajstić information content (AvgIpc) is 2.62. The van der Waals surface area contributed by atoms with Gasteiger partial charge in [0.15, 0.2) is 11.5 Å². The van der Waals surface area contributed by atoms with Gasteiger partial charge in [-0.2, -0.15) is 0 Å². The first-order valence-corrected chi connectivity index (χ1v) is 9.04. The summed E-state index contributed by atoms with van der Waals surface area (Å²) in [5, 5.41) is 12.0. The summed E-state index contributed by atoms with van der Waals surface area (Å²) in [5.41, 5.74) is 1.24. The van der Waals surface area contributed by atoms with Gasteiger partial charge >= 0.3 is 5.97 Å². The molecule has 0 aliphatic carbocycles. The van der Waals surface area contributed by atoms with Gasteiger partial charge in [0.25, 0.3) is 5.91 Å². The van der Waals surface area contributed by atoms with Crippen LogP contribution in [0.15, 0.2) is 36.4 Å². The van der Waals surface area contributed by atoms with Gasteiger partial charge in [0, 0.05) is 11.3 Å². The second kappa shape index (κ2) is 9.83. The van der Waals surface area contributed by atoms with Crippen LogP contribution in [0.3, 0.4) is 0 Å². The highest BCUT2D eigenvalue weighted by Gasteiger charge is 2.17. The number of carbonyl (C=O) groups is 2. The summed E-state index contributed by atoms with van der Waals surface area (Å²) in [6.07, 6.45) is 0.621. The van der Waals surface area contributed by atoms with Gasteiger partial charge in [-0.05, 0) is 37.1 Å². The molecule has 2 N–H and O–H groups in total. The van der Waals surface area contributed by atoms with Crippen LogP contribution in [0.2, 0.25) is 5.02 Å². The number of para-hydroxylation sites is 1. The third-order valence-corrected chi connectivity index (χ3v) is 3.91. The Morgan fingerprint density at radius 2 is 1.89 bits per heavy atom. The van der Waals surface area contributed by atoms with Crippen molar-refractivity contribution in [2.24, 2.45) is 0 Å². The highest BCUT2D eigenvalue weighted by Crippen LogP contribution is 2.37. The Kier molecular flexibility index (Phi) is 7.49. The lowest BCUT2D eigenvalue weighted by Gasteiger charge is -2.15. The van der Waals surface area contributed by atoms with Crippen LogP contribution in [0.25, 0.3) is 0 Å². The summed E-state index contributed by atoms with van der Waals surface area (Å²) >= 11 is 6.29. The Morgan fingerprint density at radius 1 is 1.15 bits per heavy atom. The molecule has 2 rings (SSSR count). The van der Waals surface area contributed by atoms with Crippen molar-refractivity contribution >= 4 is 29.2 Å². The van der Waals surface area contributed by atoms with Crippen LogP contribution in [0.1, 0.15) is 36.2 Å². The maximum Gasteiger partial charge on any atom is 0.307 e. The molecule has 0 aliphatic rings. The zero-order valence-corrected chi connectivity index (χ0v) is 16.0. The lowest BCUT2D eigenvalue weighted by atomic mass is 10.1. The summed E-state index contributed by atoms with van der Waals surface area (Å²) in [7, 11) is 0. The predicted molar refractivity (Wildman–Crippen MR) is 104 cm³/mol. The van der Waals surface area contributed by atoms with Crippen LogP contribution in [0.5, 0.6) is 11.5 Å². The predicted octanol–water partition coefficient (Wildman–Crippen LogP) is 4.41. The minimum Gasteiger partial charge on any atom is -0.490 e. The van der Waals surface area contributed by atoms with Gasteiger partial charge in [-0.1, -0.05) is 36.7 Å². The molecule has 0 spiro atoms. The molecule has 27 heavy (non-hydrogen) atoms. The van der Waals surface area contributed by atoms with Crippen LogP contribution < -0.4 is 14.8 Å². The van der Waals surface area contributed by atoms with Crippen molar-refractivity contribution in [1.82, 2.24) is 0 Å². The highest BCUT2D eigenvalue weighted by atomic mass is 35.5. The number of rotatable bonds is 9. The standard InChI is InChI=1S/C20H22ClNO5/c1-3-9-27-19-15(21)10-14(11-17(19)26-4-2)20(25)22-16-8-6-5-7-13(16)12-18(23)24/h5-8,10-11H,3-4,9,12H2,1-2H3,(H,22,25)(H,23,24). The molecule has 0 radical (unpaired) electrons. The number of amides is 1. The van der Waals surface area contributed by atoms with Gasteiger partial charge in [0.1, 0.15) is 0 Å². The second-order valence-corrected chi connectivity index (χ2v) is 6.16. The molecule has 0 bridgehead atoms. The average molecular weight is 392 g/mol. The van der Waals surface area contributed by atoms with Gasteiger partial charge in [-0.25, -0.2) is 0 Å².